The summed E-state index contributed by atoms with van der Waals surface area (Å²) in [4.78, 5) is 28.7. The molecule has 2 amide bonds. The van der Waals surface area contributed by atoms with Crippen molar-refractivity contribution in [3.05, 3.63) is 95.1 Å². The number of alkyl halides is 3. The first-order chi connectivity index (χ1) is 14.6. The summed E-state index contributed by atoms with van der Waals surface area (Å²) in [5.41, 5.74) is 1.11. The molecule has 0 spiro atoms. The first-order valence-electron chi connectivity index (χ1n) is 9.49. The Morgan fingerprint density at radius 1 is 0.742 bits per heavy atom. The van der Waals surface area contributed by atoms with E-state index in [2.05, 4.69) is 0 Å². The third-order valence-electron chi connectivity index (χ3n) is 5.04. The van der Waals surface area contributed by atoms with Crippen LogP contribution in [0.15, 0.2) is 72.8 Å². The Morgan fingerprint density at radius 3 is 1.97 bits per heavy atom. The van der Waals surface area contributed by atoms with Crippen LogP contribution in [0.1, 0.15) is 31.8 Å². The van der Waals surface area contributed by atoms with Crippen molar-refractivity contribution in [1.82, 2.24) is 0 Å². The largest absolute Gasteiger partial charge is 0.416 e. The normalized spacial score (nSPS) is 11.2. The standard InChI is InChI=1S/C24H21F3N2O2/c1-16-9-4-5-12-19(16)22(30)29(3)21-14-7-6-13-20(21)23(31)28(2)18-11-8-10-17(15-18)24(25,26)27/h4-15H,1-3H3. The van der Waals surface area contributed by atoms with Crippen LogP contribution >= 0.6 is 0 Å². The van der Waals surface area contributed by atoms with Crippen molar-refractivity contribution in [3.8, 4) is 0 Å². The lowest BCUT2D eigenvalue weighted by atomic mass is 10.1. The van der Waals surface area contributed by atoms with Crippen LogP contribution in [0.3, 0.4) is 0 Å². The zero-order valence-electron chi connectivity index (χ0n) is 17.3. The molecule has 0 aliphatic carbocycles. The number of aryl methyl sites for hydroxylation is 1. The molecule has 4 nitrogen and oxygen atoms in total. The van der Waals surface area contributed by atoms with Gasteiger partial charge in [0.05, 0.1) is 16.8 Å². The summed E-state index contributed by atoms with van der Waals surface area (Å²) in [6.45, 7) is 1.82. The minimum atomic E-state index is -4.52. The van der Waals surface area contributed by atoms with Crippen molar-refractivity contribution >= 4 is 23.2 Å². The van der Waals surface area contributed by atoms with E-state index in [-0.39, 0.29) is 17.2 Å². The summed E-state index contributed by atoms with van der Waals surface area (Å²) in [7, 11) is 2.96. The van der Waals surface area contributed by atoms with Crippen molar-refractivity contribution in [2.75, 3.05) is 23.9 Å². The molecule has 0 aliphatic heterocycles. The monoisotopic (exact) mass is 426 g/mol. The van der Waals surface area contributed by atoms with E-state index in [0.29, 0.717) is 11.3 Å². The average Bonchev–Trinajstić information content (AvgIpc) is 2.77. The average molecular weight is 426 g/mol. The Labute approximate surface area is 178 Å². The second kappa shape index (κ2) is 8.63. The first kappa shape index (κ1) is 22.1. The minimum Gasteiger partial charge on any atom is -0.311 e. The van der Waals surface area contributed by atoms with Gasteiger partial charge in [0.25, 0.3) is 11.8 Å². The van der Waals surface area contributed by atoms with Gasteiger partial charge in [-0.25, -0.2) is 0 Å². The predicted molar refractivity (Wildman–Crippen MR) is 115 cm³/mol. The molecule has 0 aromatic heterocycles. The zero-order valence-corrected chi connectivity index (χ0v) is 17.3. The highest BCUT2D eigenvalue weighted by atomic mass is 19.4. The Kier molecular flexibility index (Phi) is 6.15. The highest BCUT2D eigenvalue weighted by molar-refractivity contribution is 6.14. The lowest BCUT2D eigenvalue weighted by Gasteiger charge is -2.24. The van der Waals surface area contributed by atoms with Gasteiger partial charge in [-0.2, -0.15) is 13.2 Å². The molecule has 0 atom stereocenters. The number of halogens is 3. The first-order valence-corrected chi connectivity index (χ1v) is 9.49. The van der Waals surface area contributed by atoms with Gasteiger partial charge in [-0.05, 0) is 48.9 Å². The number of hydrogen-bond acceptors (Lipinski definition) is 2. The van der Waals surface area contributed by atoms with Crippen molar-refractivity contribution in [2.24, 2.45) is 0 Å². The highest BCUT2D eigenvalue weighted by Crippen LogP contribution is 2.32. The van der Waals surface area contributed by atoms with Gasteiger partial charge in [-0.3, -0.25) is 9.59 Å². The number of carbonyl (C=O) groups is 2. The van der Waals surface area contributed by atoms with E-state index >= 15 is 0 Å². The number of anilines is 2. The van der Waals surface area contributed by atoms with Gasteiger partial charge in [0.1, 0.15) is 0 Å². The van der Waals surface area contributed by atoms with Crippen molar-refractivity contribution in [2.45, 2.75) is 13.1 Å². The quantitative estimate of drug-likeness (QED) is 0.548. The Morgan fingerprint density at radius 2 is 1.32 bits per heavy atom. The maximum Gasteiger partial charge on any atom is 0.416 e. The smallest absolute Gasteiger partial charge is 0.311 e. The molecule has 0 N–H and O–H groups in total. The molecule has 3 aromatic carbocycles. The second-order valence-electron chi connectivity index (χ2n) is 7.11. The number of amides is 2. The van der Waals surface area contributed by atoms with Gasteiger partial charge in [0.15, 0.2) is 0 Å². The van der Waals surface area contributed by atoms with Crippen molar-refractivity contribution in [3.63, 3.8) is 0 Å². The molecular formula is C24H21F3N2O2. The van der Waals surface area contributed by atoms with Crippen LogP contribution in [-0.4, -0.2) is 25.9 Å². The minimum absolute atomic E-state index is 0.0995. The highest BCUT2D eigenvalue weighted by Gasteiger charge is 2.31. The summed E-state index contributed by atoms with van der Waals surface area (Å²) in [5.74, 6) is -0.820. The molecule has 31 heavy (non-hydrogen) atoms. The van der Waals surface area contributed by atoms with E-state index in [1.54, 1.807) is 43.4 Å². The van der Waals surface area contributed by atoms with Crippen molar-refractivity contribution in [1.29, 1.82) is 0 Å². The Balaban J connectivity index is 1.95. The fourth-order valence-corrected chi connectivity index (χ4v) is 3.24. The topological polar surface area (TPSA) is 40.6 Å². The van der Waals surface area contributed by atoms with Crippen LogP contribution in [0.4, 0.5) is 24.5 Å². The molecule has 7 heteroatoms. The maximum atomic E-state index is 13.2. The third-order valence-corrected chi connectivity index (χ3v) is 5.04. The molecule has 0 heterocycles. The lowest BCUT2D eigenvalue weighted by molar-refractivity contribution is -0.137. The van der Waals surface area contributed by atoms with E-state index in [4.69, 9.17) is 0 Å². The van der Waals surface area contributed by atoms with E-state index in [1.807, 2.05) is 19.1 Å². The maximum absolute atomic E-state index is 13.2. The molecular weight excluding hydrogens is 405 g/mol. The van der Waals surface area contributed by atoms with E-state index in [9.17, 15) is 22.8 Å². The molecule has 0 unspecified atom stereocenters. The van der Waals surface area contributed by atoms with Gasteiger partial charge >= 0.3 is 6.18 Å². The second-order valence-corrected chi connectivity index (χ2v) is 7.11. The summed E-state index contributed by atoms with van der Waals surface area (Å²) in [6, 6.07) is 18.2. The van der Waals surface area contributed by atoms with Crippen LogP contribution in [0.2, 0.25) is 0 Å². The third kappa shape index (κ3) is 4.60. The van der Waals surface area contributed by atoms with Crippen LogP contribution in [0.25, 0.3) is 0 Å². The van der Waals surface area contributed by atoms with E-state index < -0.39 is 17.6 Å². The van der Waals surface area contributed by atoms with Gasteiger partial charge in [0, 0.05) is 25.3 Å². The van der Waals surface area contributed by atoms with Gasteiger partial charge in [-0.15, -0.1) is 0 Å². The van der Waals surface area contributed by atoms with Crippen LogP contribution in [-0.2, 0) is 6.18 Å². The summed E-state index contributed by atoms with van der Waals surface area (Å²) < 4.78 is 39.2. The molecule has 0 saturated carbocycles. The molecule has 0 aliphatic rings. The number of benzene rings is 3. The molecule has 3 rings (SSSR count). The van der Waals surface area contributed by atoms with Crippen LogP contribution < -0.4 is 9.80 Å². The molecule has 0 radical (unpaired) electrons. The molecule has 0 saturated heterocycles. The Hall–Kier alpha value is -3.61. The molecule has 0 bridgehead atoms. The number of carbonyl (C=O) groups excluding carboxylic acids is 2. The van der Waals surface area contributed by atoms with E-state index in [0.717, 1.165) is 22.6 Å². The SMILES string of the molecule is Cc1ccccc1C(=O)N(C)c1ccccc1C(=O)N(C)c1cccc(C(F)(F)F)c1. The molecule has 160 valence electrons. The number of nitrogens with zero attached hydrogens (tertiary/aromatic N) is 2. The summed E-state index contributed by atoms with van der Waals surface area (Å²) in [5, 5.41) is 0. The van der Waals surface area contributed by atoms with Gasteiger partial charge < -0.3 is 9.80 Å². The van der Waals surface area contributed by atoms with Crippen LogP contribution in [0, 0.1) is 6.92 Å². The van der Waals surface area contributed by atoms with Gasteiger partial charge in [-0.1, -0.05) is 36.4 Å². The summed E-state index contributed by atoms with van der Waals surface area (Å²) in [6.07, 6.45) is -4.52. The molecule has 0 fully saturated rings. The predicted octanol–water partition coefficient (Wildman–Crippen LogP) is 5.57. The van der Waals surface area contributed by atoms with Crippen LogP contribution in [0.5, 0.6) is 0 Å². The fourth-order valence-electron chi connectivity index (χ4n) is 3.24. The Bertz CT molecular complexity index is 1130. The lowest BCUT2D eigenvalue weighted by Crippen LogP contribution is -2.32. The fraction of sp³-hybridized carbons (Fsp3) is 0.167. The molecule has 3 aromatic rings. The summed E-state index contributed by atoms with van der Waals surface area (Å²) >= 11 is 0. The number of hydrogen-bond donors (Lipinski definition) is 0. The number of rotatable bonds is 4. The zero-order chi connectivity index (χ0) is 22.8. The van der Waals surface area contributed by atoms with E-state index in [1.165, 1.54) is 24.1 Å². The van der Waals surface area contributed by atoms with Crippen molar-refractivity contribution < 1.29 is 22.8 Å². The number of para-hydroxylation sites is 1. The van der Waals surface area contributed by atoms with Gasteiger partial charge in [0.2, 0.25) is 0 Å².